The Labute approximate surface area is 106 Å². The van der Waals surface area contributed by atoms with Crippen LogP contribution in [0.2, 0.25) is 0 Å². The van der Waals surface area contributed by atoms with E-state index in [1.807, 2.05) is 11.4 Å². The van der Waals surface area contributed by atoms with Crippen molar-refractivity contribution in [3.63, 3.8) is 0 Å². The van der Waals surface area contributed by atoms with E-state index >= 15 is 0 Å². The van der Waals surface area contributed by atoms with Gasteiger partial charge in [-0.2, -0.15) is 0 Å². The molecule has 1 aliphatic carbocycles. The van der Waals surface area contributed by atoms with Gasteiger partial charge in [0.25, 0.3) is 5.91 Å². The molecule has 0 aliphatic heterocycles. The zero-order valence-electron chi connectivity index (χ0n) is 10.1. The summed E-state index contributed by atoms with van der Waals surface area (Å²) in [4.78, 5) is 13.0. The fourth-order valence-electron chi connectivity index (χ4n) is 2.49. The van der Waals surface area contributed by atoms with Crippen LogP contribution in [-0.4, -0.2) is 23.7 Å². The van der Waals surface area contributed by atoms with Crippen molar-refractivity contribution >= 4 is 17.2 Å². The number of aryl methyl sites for hydroxylation is 1. The maximum Gasteiger partial charge on any atom is 0.261 e. The Morgan fingerprint density at radius 2 is 2.41 bits per heavy atom. The molecule has 1 aliphatic rings. The van der Waals surface area contributed by atoms with Gasteiger partial charge in [0.05, 0.1) is 4.88 Å². The first-order chi connectivity index (χ1) is 8.26. The molecular formula is C13H19NO2S. The van der Waals surface area contributed by atoms with Crippen LogP contribution in [0.15, 0.2) is 11.4 Å². The lowest BCUT2D eigenvalue weighted by molar-refractivity contribution is 0.0919. The van der Waals surface area contributed by atoms with Gasteiger partial charge in [-0.3, -0.25) is 4.79 Å². The predicted octanol–water partition coefficient (Wildman–Crippen LogP) is 2.20. The topological polar surface area (TPSA) is 49.3 Å². The van der Waals surface area contributed by atoms with Gasteiger partial charge in [-0.1, -0.05) is 13.3 Å². The highest BCUT2D eigenvalue weighted by atomic mass is 32.1. The normalized spacial score (nSPS) is 23.9. The van der Waals surface area contributed by atoms with Gasteiger partial charge in [-0.25, -0.2) is 0 Å². The fourth-order valence-corrected chi connectivity index (χ4v) is 3.39. The Morgan fingerprint density at radius 3 is 3.12 bits per heavy atom. The van der Waals surface area contributed by atoms with Gasteiger partial charge >= 0.3 is 0 Å². The maximum absolute atomic E-state index is 12.1. The van der Waals surface area contributed by atoms with Crippen LogP contribution in [0.4, 0.5) is 0 Å². The minimum atomic E-state index is 0.0298. The molecule has 3 nitrogen and oxygen atoms in total. The van der Waals surface area contributed by atoms with Crippen LogP contribution in [0, 0.1) is 5.92 Å². The molecule has 1 aromatic heterocycles. The predicted molar refractivity (Wildman–Crippen MR) is 69.4 cm³/mol. The second-order valence-electron chi connectivity index (χ2n) is 4.58. The average Bonchev–Trinajstić information content (AvgIpc) is 2.96. The Bertz CT molecular complexity index is 389. The van der Waals surface area contributed by atoms with Crippen molar-refractivity contribution in [1.82, 2.24) is 5.32 Å². The molecular weight excluding hydrogens is 234 g/mol. The van der Waals surface area contributed by atoms with Crippen LogP contribution in [0.1, 0.15) is 41.4 Å². The van der Waals surface area contributed by atoms with E-state index in [-0.39, 0.29) is 24.5 Å². The molecule has 0 spiro atoms. The Hall–Kier alpha value is -0.870. The number of amides is 1. The SMILES string of the molecule is CCc1ccsc1C(=O)NC1CCCC1CO. The van der Waals surface area contributed by atoms with Gasteiger partial charge < -0.3 is 10.4 Å². The molecule has 1 fully saturated rings. The van der Waals surface area contributed by atoms with Gasteiger partial charge in [0.1, 0.15) is 0 Å². The monoisotopic (exact) mass is 253 g/mol. The summed E-state index contributed by atoms with van der Waals surface area (Å²) < 4.78 is 0. The van der Waals surface area contributed by atoms with Gasteiger partial charge in [-0.15, -0.1) is 11.3 Å². The summed E-state index contributed by atoms with van der Waals surface area (Å²) in [6.45, 7) is 2.24. The summed E-state index contributed by atoms with van der Waals surface area (Å²) >= 11 is 1.50. The van der Waals surface area contributed by atoms with Gasteiger partial charge in [0.15, 0.2) is 0 Å². The molecule has 0 radical (unpaired) electrons. The number of thiophene rings is 1. The number of carbonyl (C=O) groups excluding carboxylic acids is 1. The van der Waals surface area contributed by atoms with Crippen LogP contribution >= 0.6 is 11.3 Å². The summed E-state index contributed by atoms with van der Waals surface area (Å²) in [6, 6.07) is 2.16. The van der Waals surface area contributed by atoms with Crippen LogP contribution in [0.25, 0.3) is 0 Å². The number of aliphatic hydroxyl groups excluding tert-OH is 1. The molecule has 2 N–H and O–H groups in total. The van der Waals surface area contributed by atoms with Crippen molar-refractivity contribution in [3.05, 3.63) is 21.9 Å². The summed E-state index contributed by atoms with van der Waals surface area (Å²) in [5.74, 6) is 0.270. The largest absolute Gasteiger partial charge is 0.396 e. The van der Waals surface area contributed by atoms with Gasteiger partial charge in [0.2, 0.25) is 0 Å². The first-order valence-electron chi connectivity index (χ1n) is 6.24. The molecule has 2 unspecified atom stereocenters. The standard InChI is InChI=1S/C13H19NO2S/c1-2-9-6-7-17-12(9)13(16)14-11-5-3-4-10(11)8-15/h6-7,10-11,15H,2-5,8H2,1H3,(H,14,16). The molecule has 1 aromatic rings. The molecule has 17 heavy (non-hydrogen) atoms. The lowest BCUT2D eigenvalue weighted by Crippen LogP contribution is -2.38. The quantitative estimate of drug-likeness (QED) is 0.864. The smallest absolute Gasteiger partial charge is 0.261 e. The Morgan fingerprint density at radius 1 is 1.59 bits per heavy atom. The molecule has 0 bridgehead atoms. The molecule has 94 valence electrons. The Kier molecular flexibility index (Phi) is 4.18. The van der Waals surface area contributed by atoms with E-state index in [1.165, 1.54) is 11.3 Å². The third-order valence-electron chi connectivity index (χ3n) is 3.54. The highest BCUT2D eigenvalue weighted by molar-refractivity contribution is 7.12. The molecule has 1 heterocycles. The van der Waals surface area contributed by atoms with E-state index in [0.717, 1.165) is 36.1 Å². The highest BCUT2D eigenvalue weighted by Gasteiger charge is 2.28. The second-order valence-corrected chi connectivity index (χ2v) is 5.50. The third-order valence-corrected chi connectivity index (χ3v) is 4.50. The second kappa shape index (κ2) is 5.65. The van der Waals surface area contributed by atoms with Crippen molar-refractivity contribution in [2.24, 2.45) is 5.92 Å². The number of aliphatic hydroxyl groups is 1. The third kappa shape index (κ3) is 2.69. The molecule has 1 amide bonds. The lowest BCUT2D eigenvalue weighted by atomic mass is 10.0. The summed E-state index contributed by atoms with van der Waals surface area (Å²) in [5, 5.41) is 14.3. The highest BCUT2D eigenvalue weighted by Crippen LogP contribution is 2.26. The van der Waals surface area contributed by atoms with E-state index < -0.39 is 0 Å². The van der Waals surface area contributed by atoms with E-state index in [2.05, 4.69) is 12.2 Å². The first-order valence-corrected chi connectivity index (χ1v) is 7.12. The van der Waals surface area contributed by atoms with Crippen LogP contribution in [0.3, 0.4) is 0 Å². The number of nitrogens with one attached hydrogen (secondary N) is 1. The molecule has 4 heteroatoms. The molecule has 2 rings (SSSR count). The van der Waals surface area contributed by atoms with Gasteiger partial charge in [0, 0.05) is 18.6 Å². The average molecular weight is 253 g/mol. The molecule has 0 saturated heterocycles. The van der Waals surface area contributed by atoms with Crippen LogP contribution < -0.4 is 5.32 Å². The Balaban J connectivity index is 2.01. The van der Waals surface area contributed by atoms with Crippen LogP contribution in [-0.2, 0) is 6.42 Å². The lowest BCUT2D eigenvalue weighted by Gasteiger charge is -2.18. The van der Waals surface area contributed by atoms with E-state index in [4.69, 9.17) is 0 Å². The molecule has 1 saturated carbocycles. The van der Waals surface area contributed by atoms with Crippen molar-refractivity contribution < 1.29 is 9.90 Å². The van der Waals surface area contributed by atoms with Crippen LogP contribution in [0.5, 0.6) is 0 Å². The van der Waals surface area contributed by atoms with Gasteiger partial charge in [-0.05, 0) is 36.3 Å². The number of hydrogen-bond donors (Lipinski definition) is 2. The zero-order chi connectivity index (χ0) is 12.3. The zero-order valence-corrected chi connectivity index (χ0v) is 10.9. The minimum Gasteiger partial charge on any atom is -0.396 e. The summed E-state index contributed by atoms with van der Waals surface area (Å²) in [5.41, 5.74) is 1.12. The van der Waals surface area contributed by atoms with E-state index in [0.29, 0.717) is 0 Å². The number of carbonyl (C=O) groups is 1. The van der Waals surface area contributed by atoms with Crippen molar-refractivity contribution in [3.8, 4) is 0 Å². The minimum absolute atomic E-state index is 0.0298. The van der Waals surface area contributed by atoms with E-state index in [1.54, 1.807) is 0 Å². The number of rotatable bonds is 4. The number of hydrogen-bond acceptors (Lipinski definition) is 3. The summed E-state index contributed by atoms with van der Waals surface area (Å²) in [7, 11) is 0. The fraction of sp³-hybridized carbons (Fsp3) is 0.615. The van der Waals surface area contributed by atoms with Crippen molar-refractivity contribution in [2.45, 2.75) is 38.6 Å². The van der Waals surface area contributed by atoms with Crippen molar-refractivity contribution in [2.75, 3.05) is 6.61 Å². The maximum atomic E-state index is 12.1. The molecule has 0 aromatic carbocycles. The first kappa shape index (κ1) is 12.6. The van der Waals surface area contributed by atoms with Crippen molar-refractivity contribution in [1.29, 1.82) is 0 Å². The summed E-state index contributed by atoms with van der Waals surface area (Å²) in [6.07, 6.45) is 4.00. The molecule has 2 atom stereocenters. The van der Waals surface area contributed by atoms with E-state index in [9.17, 15) is 9.90 Å².